The number of anilines is 1. The van der Waals surface area contributed by atoms with Gasteiger partial charge in [-0.05, 0) is 39.7 Å². The van der Waals surface area contributed by atoms with Crippen LogP contribution in [0.3, 0.4) is 0 Å². The van der Waals surface area contributed by atoms with Crippen molar-refractivity contribution in [1.82, 2.24) is 24.6 Å². The van der Waals surface area contributed by atoms with Crippen LogP contribution in [-0.2, 0) is 39.2 Å². The first-order valence-electron chi connectivity index (χ1n) is 16.9. The third kappa shape index (κ3) is 10.7. The number of rotatable bonds is 20. The molecule has 0 spiro atoms. The van der Waals surface area contributed by atoms with Crippen molar-refractivity contribution in [2.45, 2.75) is 91.0 Å². The van der Waals surface area contributed by atoms with Crippen LogP contribution in [0.2, 0.25) is 0 Å². The average molecular weight is 755 g/mol. The number of hydrogen-bond donors (Lipinski definition) is 3. The van der Waals surface area contributed by atoms with E-state index in [0.29, 0.717) is 6.42 Å². The number of nitrogens with zero attached hydrogens (tertiary/aromatic N) is 4. The van der Waals surface area contributed by atoms with Gasteiger partial charge in [-0.2, -0.15) is 9.97 Å². The number of esters is 1. The molecule has 282 valence electrons. The van der Waals surface area contributed by atoms with Crippen LogP contribution >= 0.6 is 19.5 Å². The van der Waals surface area contributed by atoms with Crippen LogP contribution < -0.4 is 15.6 Å². The number of alkyl halides is 1. The molecular weight excluding hydrogens is 706 g/mol. The van der Waals surface area contributed by atoms with E-state index < -0.39 is 43.9 Å². The third-order valence-electron chi connectivity index (χ3n) is 8.09. The molecule has 1 aromatic carbocycles. The number of aliphatic hydroxyl groups is 1. The Morgan fingerprint density at radius 1 is 1.20 bits per heavy atom. The van der Waals surface area contributed by atoms with Crippen LogP contribution in [0.4, 0.5) is 10.3 Å². The lowest BCUT2D eigenvalue weighted by atomic mass is 9.97. The summed E-state index contributed by atoms with van der Waals surface area (Å²) in [4.78, 5) is 37.5. The first kappa shape index (κ1) is 40.6. The number of hydrogen-bond acceptors (Lipinski definition) is 14. The lowest BCUT2D eigenvalue weighted by Crippen LogP contribution is -2.40. The van der Waals surface area contributed by atoms with Crippen LogP contribution in [-0.4, -0.2) is 85.8 Å². The number of benzene rings is 1. The largest absolute Gasteiger partial charge is 0.476 e. The predicted octanol–water partition coefficient (Wildman–Crippen LogP) is 5.13. The van der Waals surface area contributed by atoms with Crippen molar-refractivity contribution in [2.24, 2.45) is 5.41 Å². The van der Waals surface area contributed by atoms with Gasteiger partial charge in [-0.15, -0.1) is 0 Å². The van der Waals surface area contributed by atoms with E-state index in [2.05, 4.69) is 20.0 Å². The standard InChI is InChI=1S/C33H48FN6O9PS/c1-6-8-10-15-24(41)46-20-32(3,4)30(43)51-17-16-47-50(44,37-18-22-13-11-9-12-14-22)48-19-23-26(42)33(5,34)29(49-23)40-21-36-25-27(40)38-31(35)39-28(25)45-7-2/h9,11-14,21,23,26,29,42H,6-8,10,15-20H2,1-5H3,(H,37,44)(H2,35,38,39). The van der Waals surface area contributed by atoms with Crippen molar-refractivity contribution in [1.29, 1.82) is 0 Å². The second kappa shape index (κ2) is 18.0. The molecule has 0 saturated carbocycles. The van der Waals surface area contributed by atoms with Crippen molar-refractivity contribution in [3.8, 4) is 5.88 Å². The highest BCUT2D eigenvalue weighted by molar-refractivity contribution is 8.13. The molecule has 3 aromatic rings. The maximum atomic E-state index is 16.2. The van der Waals surface area contributed by atoms with Crippen molar-refractivity contribution in [3.63, 3.8) is 0 Å². The maximum Gasteiger partial charge on any atom is 0.405 e. The fourth-order valence-corrected chi connectivity index (χ4v) is 7.38. The number of unbranched alkanes of at least 4 members (excludes halogenated alkanes) is 2. The lowest BCUT2D eigenvalue weighted by Gasteiger charge is -2.25. The number of halogens is 1. The van der Waals surface area contributed by atoms with Crippen LogP contribution in [0.25, 0.3) is 11.2 Å². The van der Waals surface area contributed by atoms with E-state index in [1.165, 1.54) is 10.9 Å². The van der Waals surface area contributed by atoms with E-state index in [1.807, 2.05) is 37.3 Å². The zero-order valence-electron chi connectivity index (χ0n) is 29.6. The van der Waals surface area contributed by atoms with Crippen LogP contribution in [0.5, 0.6) is 5.88 Å². The Bertz CT molecular complexity index is 1660. The van der Waals surface area contributed by atoms with Crippen molar-refractivity contribution >= 4 is 47.7 Å². The van der Waals surface area contributed by atoms with Crippen molar-refractivity contribution in [2.75, 3.05) is 37.9 Å². The molecule has 2 aromatic heterocycles. The molecule has 18 heteroatoms. The monoisotopic (exact) mass is 754 g/mol. The molecule has 51 heavy (non-hydrogen) atoms. The smallest absolute Gasteiger partial charge is 0.405 e. The highest BCUT2D eigenvalue weighted by atomic mass is 32.2. The summed E-state index contributed by atoms with van der Waals surface area (Å²) in [6, 6.07) is 9.10. The summed E-state index contributed by atoms with van der Waals surface area (Å²) in [5.74, 6) is -0.240. The summed E-state index contributed by atoms with van der Waals surface area (Å²) in [5, 5.41) is 13.6. The molecule has 1 aliphatic heterocycles. The maximum absolute atomic E-state index is 16.2. The van der Waals surface area contributed by atoms with Gasteiger partial charge in [0.2, 0.25) is 11.8 Å². The van der Waals surface area contributed by atoms with Gasteiger partial charge in [0.25, 0.3) is 0 Å². The Labute approximate surface area is 301 Å². The lowest BCUT2D eigenvalue weighted by molar-refractivity contribution is -0.147. The fraction of sp³-hybridized carbons (Fsp3) is 0.606. The summed E-state index contributed by atoms with van der Waals surface area (Å²) >= 11 is 0.949. The van der Waals surface area contributed by atoms with Crippen LogP contribution in [0.15, 0.2) is 36.7 Å². The van der Waals surface area contributed by atoms with Crippen molar-refractivity contribution < 1.29 is 46.9 Å². The third-order valence-corrected chi connectivity index (χ3v) is 10.8. The number of carbonyl (C=O) groups is 2. The molecule has 1 saturated heterocycles. The molecule has 0 amide bonds. The van der Waals surface area contributed by atoms with E-state index in [-0.39, 0.29) is 66.2 Å². The second-order valence-electron chi connectivity index (χ2n) is 12.9. The molecule has 0 radical (unpaired) electrons. The van der Waals surface area contributed by atoms with E-state index in [1.54, 1.807) is 20.8 Å². The number of ether oxygens (including phenoxy) is 3. The first-order chi connectivity index (χ1) is 24.2. The number of nitrogen functional groups attached to an aromatic ring is 1. The van der Waals surface area contributed by atoms with Gasteiger partial charge in [-0.1, -0.05) is 61.9 Å². The van der Waals surface area contributed by atoms with E-state index in [4.69, 9.17) is 29.0 Å². The van der Waals surface area contributed by atoms with Crippen molar-refractivity contribution in [3.05, 3.63) is 42.2 Å². The molecular formula is C33H48FN6O9PS. The number of carbonyl (C=O) groups excluding carboxylic acids is 2. The number of imidazole rings is 1. The Hall–Kier alpha value is -3.18. The SMILES string of the molecule is CCCCCC(=O)OCC(C)(C)C(=O)SCCOP(=O)(NCc1ccccc1)OCC1OC(n2cnc3c(OCC)nc(N)nc32)C(C)(F)C1O. The Kier molecular flexibility index (Phi) is 14.4. The molecule has 3 heterocycles. The molecule has 15 nitrogen and oxygen atoms in total. The normalized spacial score (nSPS) is 21.8. The zero-order chi connectivity index (χ0) is 37.2. The summed E-state index contributed by atoms with van der Waals surface area (Å²) in [7, 11) is -4.12. The molecule has 1 fully saturated rings. The highest BCUT2D eigenvalue weighted by Gasteiger charge is 2.56. The molecule has 4 N–H and O–H groups in total. The van der Waals surface area contributed by atoms with Gasteiger partial charge >= 0.3 is 13.7 Å². The van der Waals surface area contributed by atoms with E-state index >= 15 is 4.39 Å². The molecule has 1 aliphatic rings. The van der Waals surface area contributed by atoms with Gasteiger partial charge in [-0.25, -0.2) is 19.0 Å². The number of nitrogens with one attached hydrogen (secondary N) is 1. The minimum Gasteiger partial charge on any atom is -0.476 e. The number of aromatic nitrogens is 4. The predicted molar refractivity (Wildman–Crippen MR) is 189 cm³/mol. The number of fused-ring (bicyclic) bond motifs is 1. The van der Waals surface area contributed by atoms with Gasteiger partial charge in [0.05, 0.1) is 31.6 Å². The quantitative estimate of drug-likeness (QED) is 0.0778. The van der Waals surface area contributed by atoms with E-state index in [9.17, 15) is 19.3 Å². The zero-order valence-corrected chi connectivity index (χ0v) is 31.3. The van der Waals surface area contributed by atoms with E-state index in [0.717, 1.165) is 43.5 Å². The van der Waals surface area contributed by atoms with Gasteiger partial charge < -0.3 is 25.1 Å². The Balaban J connectivity index is 1.39. The average Bonchev–Trinajstić information content (AvgIpc) is 3.61. The second-order valence-corrected chi connectivity index (χ2v) is 15.7. The highest BCUT2D eigenvalue weighted by Crippen LogP contribution is 2.48. The van der Waals surface area contributed by atoms with Crippen LogP contribution in [0, 0.1) is 5.41 Å². The Morgan fingerprint density at radius 3 is 2.65 bits per heavy atom. The summed E-state index contributed by atoms with van der Waals surface area (Å²) in [6.07, 6.45) is -0.196. The Morgan fingerprint density at radius 2 is 1.94 bits per heavy atom. The summed E-state index contributed by atoms with van der Waals surface area (Å²) in [6.45, 7) is 7.96. The molecule has 0 bridgehead atoms. The summed E-state index contributed by atoms with van der Waals surface area (Å²) in [5.41, 5.74) is 3.68. The minimum atomic E-state index is -4.12. The molecule has 0 aliphatic carbocycles. The van der Waals surface area contributed by atoms with Gasteiger partial charge in [-0.3, -0.25) is 23.2 Å². The number of thioether (sulfide) groups is 1. The van der Waals surface area contributed by atoms with Gasteiger partial charge in [0, 0.05) is 18.7 Å². The topological polar surface area (TPSA) is 199 Å². The summed E-state index contributed by atoms with van der Waals surface area (Å²) < 4.78 is 59.6. The first-order valence-corrected chi connectivity index (χ1v) is 19.4. The minimum absolute atomic E-state index is 0.0635. The van der Waals surface area contributed by atoms with Crippen LogP contribution in [0.1, 0.15) is 72.1 Å². The number of nitrogens with two attached hydrogens (primary N) is 1. The van der Waals surface area contributed by atoms with Gasteiger partial charge in [0.1, 0.15) is 18.8 Å². The fourth-order valence-electron chi connectivity index (χ4n) is 5.15. The number of aliphatic hydroxyl groups excluding tert-OH is 1. The molecule has 5 unspecified atom stereocenters. The van der Waals surface area contributed by atoms with Gasteiger partial charge in [0.15, 0.2) is 28.2 Å². The molecule has 5 atom stereocenters. The molecule has 4 rings (SSSR count).